The van der Waals surface area contributed by atoms with Crippen molar-refractivity contribution in [1.29, 1.82) is 0 Å². The molecule has 0 saturated heterocycles. The van der Waals surface area contributed by atoms with Gasteiger partial charge in [-0.3, -0.25) is 10.1 Å². The van der Waals surface area contributed by atoms with Crippen molar-refractivity contribution in [3.05, 3.63) is 58.6 Å². The van der Waals surface area contributed by atoms with Crippen molar-refractivity contribution in [2.75, 3.05) is 6.54 Å². The average Bonchev–Trinajstić information content (AvgIpc) is 2.53. The Morgan fingerprint density at radius 2 is 1.78 bits per heavy atom. The van der Waals surface area contributed by atoms with E-state index in [1.165, 1.54) is 37.3 Å². The number of rotatable bonds is 6. The maximum atomic E-state index is 12.0. The molecule has 0 aliphatic heterocycles. The van der Waals surface area contributed by atoms with Gasteiger partial charge in [0.25, 0.3) is 5.69 Å². The molecule has 0 bridgehead atoms. The molecule has 0 fully saturated rings. The molecule has 2 aromatic carbocycles. The second-order valence-electron chi connectivity index (χ2n) is 5.00. The number of hydrogen-bond donors (Lipinski definition) is 2. The molecule has 23 heavy (non-hydrogen) atoms. The highest BCUT2D eigenvalue weighted by molar-refractivity contribution is 7.89. The van der Waals surface area contributed by atoms with Gasteiger partial charge in [0.2, 0.25) is 10.0 Å². The number of aliphatic hydroxyl groups excluding tert-OH is 1. The maximum Gasteiger partial charge on any atom is 0.277 e. The Bertz CT molecular complexity index is 801. The van der Waals surface area contributed by atoms with Crippen LogP contribution in [0, 0.1) is 10.1 Å². The molecular weight excluding hydrogens is 320 g/mol. The van der Waals surface area contributed by atoms with Crippen LogP contribution in [0.1, 0.15) is 6.92 Å². The monoisotopic (exact) mass is 336 g/mol. The highest BCUT2D eigenvalue weighted by Crippen LogP contribution is 2.29. The smallest absolute Gasteiger partial charge is 0.277 e. The van der Waals surface area contributed by atoms with Gasteiger partial charge in [0.1, 0.15) is 0 Å². The van der Waals surface area contributed by atoms with Crippen LogP contribution in [0.5, 0.6) is 0 Å². The summed E-state index contributed by atoms with van der Waals surface area (Å²) in [5.41, 5.74) is 0.917. The largest absolute Gasteiger partial charge is 0.392 e. The molecular formula is C15H16N2O5S. The molecule has 0 radical (unpaired) electrons. The molecule has 0 aliphatic carbocycles. The Balaban J connectivity index is 2.32. The van der Waals surface area contributed by atoms with Gasteiger partial charge in [0.15, 0.2) is 0 Å². The van der Waals surface area contributed by atoms with E-state index in [1.54, 1.807) is 18.2 Å². The maximum absolute atomic E-state index is 12.0. The summed E-state index contributed by atoms with van der Waals surface area (Å²) in [6.07, 6.45) is -0.795. The summed E-state index contributed by atoms with van der Waals surface area (Å²) in [4.78, 5) is 10.6. The molecule has 8 heteroatoms. The quantitative estimate of drug-likeness (QED) is 0.618. The van der Waals surface area contributed by atoms with E-state index in [0.29, 0.717) is 11.1 Å². The van der Waals surface area contributed by atoms with Crippen LogP contribution >= 0.6 is 0 Å². The van der Waals surface area contributed by atoms with Crippen molar-refractivity contribution >= 4 is 15.7 Å². The summed E-state index contributed by atoms with van der Waals surface area (Å²) in [5.74, 6) is 0. The summed E-state index contributed by atoms with van der Waals surface area (Å²) in [6, 6.07) is 12.0. The molecule has 2 N–H and O–H groups in total. The van der Waals surface area contributed by atoms with E-state index in [9.17, 15) is 18.5 Å². The fourth-order valence-electron chi connectivity index (χ4n) is 2.00. The van der Waals surface area contributed by atoms with Gasteiger partial charge in [0.05, 0.1) is 21.5 Å². The van der Waals surface area contributed by atoms with E-state index in [-0.39, 0.29) is 17.1 Å². The third-order valence-corrected chi connectivity index (χ3v) is 4.58. The fraction of sp³-hybridized carbons (Fsp3) is 0.200. The van der Waals surface area contributed by atoms with Crippen LogP contribution in [0.15, 0.2) is 53.4 Å². The van der Waals surface area contributed by atoms with E-state index >= 15 is 0 Å². The number of nitro groups is 1. The zero-order chi connectivity index (χ0) is 17.0. The Morgan fingerprint density at radius 3 is 2.35 bits per heavy atom. The number of aliphatic hydroxyl groups is 1. The van der Waals surface area contributed by atoms with E-state index in [0.717, 1.165) is 0 Å². The fourth-order valence-corrected chi connectivity index (χ4v) is 3.13. The zero-order valence-electron chi connectivity index (χ0n) is 12.3. The Labute approximate surface area is 133 Å². The van der Waals surface area contributed by atoms with Gasteiger partial charge in [-0.05, 0) is 30.7 Å². The van der Waals surface area contributed by atoms with Crippen LogP contribution in [0.2, 0.25) is 0 Å². The van der Waals surface area contributed by atoms with Gasteiger partial charge in [-0.1, -0.05) is 24.3 Å². The third-order valence-electron chi connectivity index (χ3n) is 3.15. The van der Waals surface area contributed by atoms with Crippen molar-refractivity contribution in [3.8, 4) is 11.1 Å². The summed E-state index contributed by atoms with van der Waals surface area (Å²) in [6.45, 7) is 1.38. The number of benzene rings is 2. The van der Waals surface area contributed by atoms with E-state index in [2.05, 4.69) is 4.72 Å². The molecule has 1 unspecified atom stereocenters. The number of nitrogens with zero attached hydrogens (tertiary/aromatic N) is 1. The van der Waals surface area contributed by atoms with Crippen molar-refractivity contribution in [3.63, 3.8) is 0 Å². The van der Waals surface area contributed by atoms with Gasteiger partial charge < -0.3 is 5.11 Å². The summed E-state index contributed by atoms with van der Waals surface area (Å²) in [5, 5.41) is 20.2. The number of hydrogen-bond acceptors (Lipinski definition) is 5. The second kappa shape index (κ2) is 6.86. The molecule has 0 saturated carbocycles. The van der Waals surface area contributed by atoms with Crippen LogP contribution in [0.4, 0.5) is 5.69 Å². The molecule has 7 nitrogen and oxygen atoms in total. The minimum atomic E-state index is -3.72. The lowest BCUT2D eigenvalue weighted by Crippen LogP contribution is -2.30. The van der Waals surface area contributed by atoms with Crippen LogP contribution in [-0.4, -0.2) is 31.1 Å². The van der Waals surface area contributed by atoms with Gasteiger partial charge in [0, 0.05) is 12.6 Å². The number of nitrogens with one attached hydrogen (secondary N) is 1. The summed E-state index contributed by atoms with van der Waals surface area (Å²) in [7, 11) is -3.72. The highest BCUT2D eigenvalue weighted by atomic mass is 32.2. The Morgan fingerprint density at radius 1 is 1.17 bits per heavy atom. The van der Waals surface area contributed by atoms with Gasteiger partial charge >= 0.3 is 0 Å². The lowest BCUT2D eigenvalue weighted by atomic mass is 10.0. The molecule has 2 rings (SSSR count). The lowest BCUT2D eigenvalue weighted by Gasteiger charge is -2.09. The van der Waals surface area contributed by atoms with Gasteiger partial charge in [-0.25, -0.2) is 13.1 Å². The first-order chi connectivity index (χ1) is 10.8. The van der Waals surface area contributed by atoms with Crippen molar-refractivity contribution in [1.82, 2.24) is 4.72 Å². The van der Waals surface area contributed by atoms with Crippen molar-refractivity contribution in [2.45, 2.75) is 17.9 Å². The first-order valence-electron chi connectivity index (χ1n) is 6.83. The van der Waals surface area contributed by atoms with Gasteiger partial charge in [-0.2, -0.15) is 0 Å². The summed E-state index contributed by atoms with van der Waals surface area (Å²) >= 11 is 0. The zero-order valence-corrected chi connectivity index (χ0v) is 13.2. The number of para-hydroxylation sites is 1. The van der Waals surface area contributed by atoms with Gasteiger partial charge in [-0.15, -0.1) is 0 Å². The molecule has 0 heterocycles. The topological polar surface area (TPSA) is 110 Å². The highest BCUT2D eigenvalue weighted by Gasteiger charge is 2.17. The SMILES string of the molecule is CC(O)CNS(=O)(=O)c1ccc(-c2ccccc2[N+](=O)[O-])cc1. The molecule has 122 valence electrons. The average molecular weight is 336 g/mol. The molecule has 0 amide bonds. The third kappa shape index (κ3) is 4.13. The molecule has 0 aliphatic rings. The predicted octanol–water partition coefficient (Wildman–Crippen LogP) is 1.92. The van der Waals surface area contributed by atoms with Crippen LogP contribution < -0.4 is 4.72 Å². The van der Waals surface area contributed by atoms with E-state index in [1.807, 2.05) is 0 Å². The molecule has 0 spiro atoms. The normalized spacial score (nSPS) is 12.8. The Hall–Kier alpha value is -2.29. The molecule has 1 atom stereocenters. The van der Waals surface area contributed by atoms with E-state index in [4.69, 9.17) is 5.11 Å². The minimum Gasteiger partial charge on any atom is -0.392 e. The van der Waals surface area contributed by atoms with Crippen LogP contribution in [-0.2, 0) is 10.0 Å². The van der Waals surface area contributed by atoms with Crippen LogP contribution in [0.25, 0.3) is 11.1 Å². The number of nitro benzene ring substituents is 1. The van der Waals surface area contributed by atoms with E-state index < -0.39 is 21.1 Å². The second-order valence-corrected chi connectivity index (χ2v) is 6.77. The first kappa shape index (κ1) is 17.1. The molecule has 2 aromatic rings. The minimum absolute atomic E-state index is 0.0282. The lowest BCUT2D eigenvalue weighted by molar-refractivity contribution is -0.384. The van der Waals surface area contributed by atoms with Crippen LogP contribution in [0.3, 0.4) is 0 Å². The summed E-state index contributed by atoms with van der Waals surface area (Å²) < 4.78 is 26.3. The molecule has 0 aromatic heterocycles. The standard InChI is InChI=1S/C15H16N2O5S/c1-11(18)10-16-23(21,22)13-8-6-12(7-9-13)14-4-2-3-5-15(14)17(19)20/h2-9,11,16,18H,10H2,1H3. The van der Waals surface area contributed by atoms with Crippen molar-refractivity contribution < 1.29 is 18.4 Å². The Kier molecular flexibility index (Phi) is 5.09. The first-order valence-corrected chi connectivity index (χ1v) is 8.31. The predicted molar refractivity (Wildman–Crippen MR) is 85.4 cm³/mol. The number of sulfonamides is 1. The van der Waals surface area contributed by atoms with Crippen molar-refractivity contribution in [2.24, 2.45) is 0 Å².